The molecule has 1 saturated heterocycles. The Kier molecular flexibility index (Phi) is 9.10. The number of hydrogen-bond donors (Lipinski definition) is 2. The Morgan fingerprint density at radius 3 is 2.42 bits per heavy atom. The number of sulfonamides is 1. The number of nitrogens with zero attached hydrogens (tertiary/aromatic N) is 1. The highest BCUT2D eigenvalue weighted by molar-refractivity contribution is 7.89. The van der Waals surface area contributed by atoms with E-state index in [0.29, 0.717) is 18.8 Å². The molecule has 1 saturated carbocycles. The highest BCUT2D eigenvalue weighted by Crippen LogP contribution is 2.20. The van der Waals surface area contributed by atoms with E-state index < -0.39 is 28.5 Å². The second kappa shape index (κ2) is 11.8. The molecule has 0 radical (unpaired) electrons. The Labute approximate surface area is 196 Å². The van der Waals surface area contributed by atoms with Crippen LogP contribution in [0.2, 0.25) is 0 Å². The molecule has 1 aromatic rings. The number of hydrogen-bond acceptors (Lipinski definition) is 6. The van der Waals surface area contributed by atoms with E-state index in [1.54, 1.807) is 12.1 Å². The maximum absolute atomic E-state index is 13.2. The molecule has 2 fully saturated rings. The van der Waals surface area contributed by atoms with Crippen molar-refractivity contribution in [1.29, 1.82) is 0 Å². The third kappa shape index (κ3) is 6.91. The van der Waals surface area contributed by atoms with Gasteiger partial charge in [0.05, 0.1) is 24.7 Å². The van der Waals surface area contributed by atoms with Gasteiger partial charge >= 0.3 is 0 Å². The van der Waals surface area contributed by atoms with Crippen molar-refractivity contribution in [3.63, 3.8) is 0 Å². The van der Waals surface area contributed by atoms with Gasteiger partial charge in [0, 0.05) is 19.2 Å². The van der Waals surface area contributed by atoms with Crippen molar-refractivity contribution in [2.75, 3.05) is 26.8 Å². The summed E-state index contributed by atoms with van der Waals surface area (Å²) in [6.45, 7) is 2.31. The summed E-state index contributed by atoms with van der Waals surface area (Å²) in [6.07, 6.45) is 6.07. The quantitative estimate of drug-likeness (QED) is 0.498. The summed E-state index contributed by atoms with van der Waals surface area (Å²) in [5.74, 6) is -0.100. The Morgan fingerprint density at radius 1 is 1.15 bits per heavy atom. The molecule has 0 spiro atoms. The molecule has 1 aliphatic carbocycles. The number of benzene rings is 1. The second-order valence-corrected chi connectivity index (χ2v) is 10.4. The van der Waals surface area contributed by atoms with Gasteiger partial charge < -0.3 is 19.7 Å². The fraction of sp³-hybridized carbons (Fsp3) is 0.652. The maximum Gasteiger partial charge on any atom is 0.243 e. The molecular formula is C23H35N3O6S. The summed E-state index contributed by atoms with van der Waals surface area (Å²) < 4.78 is 38.5. The molecule has 1 aliphatic heterocycles. The van der Waals surface area contributed by atoms with Gasteiger partial charge in [0.2, 0.25) is 21.8 Å². The lowest BCUT2D eigenvalue weighted by atomic mass is 10.1. The van der Waals surface area contributed by atoms with Crippen LogP contribution in [-0.4, -0.2) is 70.1 Å². The third-order valence-corrected chi connectivity index (χ3v) is 7.71. The SMILES string of the molecule is CC[C@H](C(=O)NC1CCCC1)N(C[C@H]1CCCO1)C(=O)CNS(=O)(=O)c1ccc(OC)cc1. The third-order valence-electron chi connectivity index (χ3n) is 6.29. The summed E-state index contributed by atoms with van der Waals surface area (Å²) >= 11 is 0. The zero-order valence-corrected chi connectivity index (χ0v) is 20.2. The summed E-state index contributed by atoms with van der Waals surface area (Å²) in [4.78, 5) is 27.7. The molecule has 2 aliphatic rings. The molecule has 3 rings (SSSR count). The lowest BCUT2D eigenvalue weighted by Crippen LogP contribution is -2.55. The van der Waals surface area contributed by atoms with Crippen molar-refractivity contribution in [2.45, 2.75) is 75.0 Å². The average molecular weight is 482 g/mol. The second-order valence-electron chi connectivity index (χ2n) is 8.60. The number of carbonyl (C=O) groups is 2. The lowest BCUT2D eigenvalue weighted by Gasteiger charge is -2.33. The van der Waals surface area contributed by atoms with Gasteiger partial charge in [-0.25, -0.2) is 13.1 Å². The number of nitrogens with one attached hydrogen (secondary N) is 2. The first-order valence-electron chi connectivity index (χ1n) is 11.7. The maximum atomic E-state index is 13.2. The fourth-order valence-corrected chi connectivity index (χ4v) is 5.40. The summed E-state index contributed by atoms with van der Waals surface area (Å²) in [5, 5.41) is 3.07. The molecule has 0 bridgehead atoms. The van der Waals surface area contributed by atoms with Crippen molar-refractivity contribution in [1.82, 2.24) is 14.9 Å². The van der Waals surface area contributed by atoms with Crippen LogP contribution >= 0.6 is 0 Å². The van der Waals surface area contributed by atoms with E-state index in [4.69, 9.17) is 9.47 Å². The monoisotopic (exact) mass is 481 g/mol. The van der Waals surface area contributed by atoms with E-state index in [2.05, 4.69) is 10.0 Å². The van der Waals surface area contributed by atoms with Crippen LogP contribution in [-0.2, 0) is 24.3 Å². The zero-order chi connectivity index (χ0) is 23.8. The first-order chi connectivity index (χ1) is 15.8. The highest BCUT2D eigenvalue weighted by Gasteiger charge is 2.33. The Morgan fingerprint density at radius 2 is 1.85 bits per heavy atom. The molecule has 0 unspecified atom stereocenters. The molecule has 10 heteroatoms. The first kappa shape index (κ1) is 25.5. The van der Waals surface area contributed by atoms with Crippen molar-refractivity contribution >= 4 is 21.8 Å². The number of rotatable bonds is 11. The van der Waals surface area contributed by atoms with Gasteiger partial charge in [-0.1, -0.05) is 19.8 Å². The molecule has 184 valence electrons. The van der Waals surface area contributed by atoms with Crippen molar-refractivity contribution in [3.8, 4) is 5.75 Å². The molecule has 0 aromatic heterocycles. The fourth-order valence-electron chi connectivity index (χ4n) is 4.42. The zero-order valence-electron chi connectivity index (χ0n) is 19.4. The van der Waals surface area contributed by atoms with Gasteiger partial charge in [-0.2, -0.15) is 0 Å². The van der Waals surface area contributed by atoms with E-state index >= 15 is 0 Å². The highest BCUT2D eigenvalue weighted by atomic mass is 32.2. The van der Waals surface area contributed by atoms with Gasteiger partial charge in [-0.05, 0) is 56.4 Å². The number of amides is 2. The van der Waals surface area contributed by atoms with Crippen LogP contribution in [0.5, 0.6) is 5.75 Å². The van der Waals surface area contributed by atoms with E-state index in [1.165, 1.54) is 24.1 Å². The van der Waals surface area contributed by atoms with Gasteiger partial charge in [0.15, 0.2) is 0 Å². The van der Waals surface area contributed by atoms with Gasteiger partial charge in [-0.3, -0.25) is 9.59 Å². The molecule has 1 heterocycles. The van der Waals surface area contributed by atoms with Crippen LogP contribution < -0.4 is 14.8 Å². The first-order valence-corrected chi connectivity index (χ1v) is 13.2. The smallest absolute Gasteiger partial charge is 0.243 e. The molecule has 9 nitrogen and oxygen atoms in total. The van der Waals surface area contributed by atoms with Gasteiger partial charge in [0.25, 0.3) is 0 Å². The molecular weight excluding hydrogens is 446 g/mol. The van der Waals surface area contributed by atoms with E-state index in [9.17, 15) is 18.0 Å². The molecule has 33 heavy (non-hydrogen) atoms. The van der Waals surface area contributed by atoms with Crippen molar-refractivity contribution < 1.29 is 27.5 Å². The minimum absolute atomic E-state index is 0.0350. The normalized spacial score (nSPS) is 19.9. The molecule has 2 atom stereocenters. The summed E-state index contributed by atoms with van der Waals surface area (Å²) in [7, 11) is -2.40. The molecule has 1 aromatic carbocycles. The number of carbonyl (C=O) groups excluding carboxylic acids is 2. The lowest BCUT2D eigenvalue weighted by molar-refractivity contribution is -0.141. The van der Waals surface area contributed by atoms with Crippen LogP contribution in [0.3, 0.4) is 0 Å². The largest absolute Gasteiger partial charge is 0.497 e. The number of ether oxygens (including phenoxy) is 2. The molecule has 2 N–H and O–H groups in total. The van der Waals surface area contributed by atoms with Crippen molar-refractivity contribution in [3.05, 3.63) is 24.3 Å². The van der Waals surface area contributed by atoms with E-state index in [0.717, 1.165) is 38.5 Å². The average Bonchev–Trinajstić information content (AvgIpc) is 3.52. The van der Waals surface area contributed by atoms with Gasteiger partial charge in [0.1, 0.15) is 11.8 Å². The summed E-state index contributed by atoms with van der Waals surface area (Å²) in [6, 6.07) is 5.38. The standard InChI is InChI=1S/C23H35N3O6S/c1-3-21(23(28)25-17-7-4-5-8-17)26(16-19-9-6-14-32-19)22(27)15-24-33(29,30)20-12-10-18(31-2)11-13-20/h10-13,17,19,21,24H,3-9,14-16H2,1-2H3,(H,25,28)/t19-,21-/m1/s1. The van der Waals surface area contributed by atoms with Crippen LogP contribution in [0, 0.1) is 0 Å². The van der Waals surface area contributed by atoms with Crippen LogP contribution in [0.1, 0.15) is 51.9 Å². The topological polar surface area (TPSA) is 114 Å². The van der Waals surface area contributed by atoms with Gasteiger partial charge in [-0.15, -0.1) is 0 Å². The van der Waals surface area contributed by atoms with E-state index in [1.807, 2.05) is 6.92 Å². The predicted molar refractivity (Wildman–Crippen MR) is 123 cm³/mol. The Hall–Kier alpha value is -2.17. The van der Waals surface area contributed by atoms with Crippen molar-refractivity contribution in [2.24, 2.45) is 0 Å². The number of methoxy groups -OCH3 is 1. The minimum Gasteiger partial charge on any atom is -0.497 e. The van der Waals surface area contributed by atoms with Crippen LogP contribution in [0.15, 0.2) is 29.2 Å². The molecule has 2 amide bonds. The minimum atomic E-state index is -3.90. The summed E-state index contributed by atoms with van der Waals surface area (Å²) in [5.41, 5.74) is 0. The Balaban J connectivity index is 1.69. The predicted octanol–water partition coefficient (Wildman–Crippen LogP) is 1.82. The van der Waals surface area contributed by atoms with Crippen LogP contribution in [0.25, 0.3) is 0 Å². The van der Waals surface area contributed by atoms with Crippen LogP contribution in [0.4, 0.5) is 0 Å². The Bertz CT molecular complexity index is 893. The van der Waals surface area contributed by atoms with E-state index in [-0.39, 0.29) is 29.5 Å².